The third-order valence-corrected chi connectivity index (χ3v) is 4.20. The molecule has 2 aromatic rings. The van der Waals surface area contributed by atoms with E-state index in [1.165, 1.54) is 11.3 Å². The highest BCUT2D eigenvalue weighted by Gasteiger charge is 2.24. The van der Waals surface area contributed by atoms with Crippen LogP contribution in [0.5, 0.6) is 0 Å². The smallest absolute Gasteiger partial charge is 0.0670 e. The summed E-state index contributed by atoms with van der Waals surface area (Å²) in [5.41, 5.74) is 11.3. The first kappa shape index (κ1) is 13.5. The third kappa shape index (κ3) is 2.45. The molecule has 0 fully saturated rings. The number of aryl methyl sites for hydroxylation is 1. The fourth-order valence-corrected chi connectivity index (χ4v) is 3.06. The number of nitrogens with zero attached hydrogens (tertiary/aromatic N) is 2. The first-order chi connectivity index (χ1) is 10.2. The molecule has 106 valence electrons. The van der Waals surface area contributed by atoms with Gasteiger partial charge in [-0.1, -0.05) is 18.2 Å². The van der Waals surface area contributed by atoms with Gasteiger partial charge in [-0.3, -0.25) is 0 Å². The van der Waals surface area contributed by atoms with Crippen molar-refractivity contribution in [3.8, 4) is 6.07 Å². The summed E-state index contributed by atoms with van der Waals surface area (Å²) in [5, 5.41) is 8.94. The Balaban J connectivity index is 2.08. The molecule has 0 bridgehead atoms. The molecule has 3 nitrogen and oxygen atoms in total. The maximum absolute atomic E-state index is 8.94. The van der Waals surface area contributed by atoms with Crippen LogP contribution in [-0.2, 0) is 12.8 Å². The Kier molecular flexibility index (Phi) is 3.53. The minimum Gasteiger partial charge on any atom is -0.398 e. The molecule has 0 radical (unpaired) electrons. The van der Waals surface area contributed by atoms with Crippen LogP contribution in [-0.4, -0.2) is 6.04 Å². The number of hydrogen-bond donors (Lipinski definition) is 1. The predicted molar refractivity (Wildman–Crippen MR) is 86.5 cm³/mol. The molecule has 2 aromatic carbocycles. The van der Waals surface area contributed by atoms with Gasteiger partial charge < -0.3 is 10.6 Å². The molecule has 3 rings (SSSR count). The number of para-hydroxylation sites is 1. The van der Waals surface area contributed by atoms with Crippen LogP contribution < -0.4 is 10.6 Å². The Morgan fingerprint density at radius 1 is 1.29 bits per heavy atom. The molecule has 3 heteroatoms. The van der Waals surface area contributed by atoms with E-state index in [4.69, 9.17) is 11.0 Å². The molecule has 0 aromatic heterocycles. The summed E-state index contributed by atoms with van der Waals surface area (Å²) in [4.78, 5) is 2.36. The second kappa shape index (κ2) is 5.49. The molecule has 1 atom stereocenters. The van der Waals surface area contributed by atoms with E-state index in [9.17, 15) is 0 Å². The second-order valence-electron chi connectivity index (χ2n) is 5.60. The highest BCUT2D eigenvalue weighted by Crippen LogP contribution is 2.37. The molecule has 1 aliphatic heterocycles. The monoisotopic (exact) mass is 277 g/mol. The minimum atomic E-state index is 0.351. The van der Waals surface area contributed by atoms with E-state index in [-0.39, 0.29) is 0 Å². The quantitative estimate of drug-likeness (QED) is 0.849. The van der Waals surface area contributed by atoms with Crippen LogP contribution in [0.1, 0.15) is 24.5 Å². The predicted octanol–water partition coefficient (Wildman–Crippen LogP) is 3.81. The van der Waals surface area contributed by atoms with Crippen molar-refractivity contribution in [3.63, 3.8) is 0 Å². The van der Waals surface area contributed by atoms with Gasteiger partial charge in [-0.05, 0) is 55.2 Å². The lowest BCUT2D eigenvalue weighted by Crippen LogP contribution is -2.33. The van der Waals surface area contributed by atoms with Gasteiger partial charge in [-0.25, -0.2) is 0 Å². The SMILES string of the molecule is CC1CCc2ccccc2N1c1ccc(N)c(CC#N)c1. The van der Waals surface area contributed by atoms with Crippen molar-refractivity contribution in [3.05, 3.63) is 53.6 Å². The van der Waals surface area contributed by atoms with Crippen LogP contribution in [0.15, 0.2) is 42.5 Å². The highest BCUT2D eigenvalue weighted by molar-refractivity contribution is 5.71. The average Bonchev–Trinajstić information content (AvgIpc) is 2.50. The average molecular weight is 277 g/mol. The molecular formula is C18H19N3. The molecule has 0 saturated carbocycles. The standard InChI is InChI=1S/C18H19N3/c1-13-6-7-14-4-2-3-5-18(14)21(13)16-8-9-17(20)15(12-16)10-11-19/h2-5,8-9,12-13H,6-7,10,20H2,1H3. The second-order valence-corrected chi connectivity index (χ2v) is 5.60. The summed E-state index contributed by atoms with van der Waals surface area (Å²) in [6.45, 7) is 2.25. The lowest BCUT2D eigenvalue weighted by atomic mass is 9.95. The van der Waals surface area contributed by atoms with Crippen LogP contribution in [0.4, 0.5) is 17.1 Å². The highest BCUT2D eigenvalue weighted by atomic mass is 15.2. The summed E-state index contributed by atoms with van der Waals surface area (Å²) >= 11 is 0. The Hall–Kier alpha value is -2.47. The number of nitrogen functional groups attached to an aromatic ring is 1. The van der Waals surface area contributed by atoms with Crippen molar-refractivity contribution in [1.82, 2.24) is 0 Å². The van der Waals surface area contributed by atoms with Crippen molar-refractivity contribution >= 4 is 17.1 Å². The normalized spacial score (nSPS) is 17.1. The maximum atomic E-state index is 8.94. The van der Waals surface area contributed by atoms with Crippen LogP contribution in [0, 0.1) is 11.3 Å². The van der Waals surface area contributed by atoms with Gasteiger partial charge in [0.15, 0.2) is 0 Å². The van der Waals surface area contributed by atoms with Crippen LogP contribution in [0.3, 0.4) is 0 Å². The lowest BCUT2D eigenvalue weighted by molar-refractivity contribution is 0.618. The molecule has 1 aliphatic rings. The Morgan fingerprint density at radius 2 is 2.10 bits per heavy atom. The third-order valence-electron chi connectivity index (χ3n) is 4.20. The molecule has 2 N–H and O–H groups in total. The number of hydrogen-bond acceptors (Lipinski definition) is 3. The number of nitriles is 1. The molecule has 1 heterocycles. The lowest BCUT2D eigenvalue weighted by Gasteiger charge is -2.37. The van der Waals surface area contributed by atoms with Gasteiger partial charge in [0.05, 0.1) is 12.5 Å². The molecule has 1 unspecified atom stereocenters. The van der Waals surface area contributed by atoms with Gasteiger partial charge in [-0.2, -0.15) is 5.26 Å². The van der Waals surface area contributed by atoms with Gasteiger partial charge in [0, 0.05) is 23.1 Å². The number of fused-ring (bicyclic) bond motifs is 1. The number of anilines is 3. The van der Waals surface area contributed by atoms with Gasteiger partial charge in [0.25, 0.3) is 0 Å². The summed E-state index contributed by atoms with van der Waals surface area (Å²) in [6, 6.07) is 17.2. The molecule has 21 heavy (non-hydrogen) atoms. The van der Waals surface area contributed by atoms with E-state index in [1.54, 1.807) is 0 Å². The van der Waals surface area contributed by atoms with Gasteiger partial charge in [-0.15, -0.1) is 0 Å². The molecule has 0 aliphatic carbocycles. The van der Waals surface area contributed by atoms with E-state index < -0.39 is 0 Å². The zero-order chi connectivity index (χ0) is 14.8. The van der Waals surface area contributed by atoms with E-state index in [2.05, 4.69) is 54.3 Å². The Labute approximate surface area is 125 Å². The van der Waals surface area contributed by atoms with Gasteiger partial charge in [0.1, 0.15) is 0 Å². The van der Waals surface area contributed by atoms with Gasteiger partial charge >= 0.3 is 0 Å². The van der Waals surface area contributed by atoms with Gasteiger partial charge in [0.2, 0.25) is 0 Å². The zero-order valence-corrected chi connectivity index (χ0v) is 12.2. The molecule has 0 amide bonds. The topological polar surface area (TPSA) is 53.0 Å². The van der Waals surface area contributed by atoms with E-state index in [0.717, 1.165) is 24.1 Å². The van der Waals surface area contributed by atoms with E-state index in [1.807, 2.05) is 6.07 Å². The number of nitrogens with two attached hydrogens (primary N) is 1. The maximum Gasteiger partial charge on any atom is 0.0670 e. The van der Waals surface area contributed by atoms with Crippen LogP contribution in [0.2, 0.25) is 0 Å². The van der Waals surface area contributed by atoms with Crippen molar-refractivity contribution in [2.24, 2.45) is 0 Å². The van der Waals surface area contributed by atoms with Crippen molar-refractivity contribution in [2.45, 2.75) is 32.2 Å². The summed E-state index contributed by atoms with van der Waals surface area (Å²) < 4.78 is 0. The minimum absolute atomic E-state index is 0.351. The zero-order valence-electron chi connectivity index (χ0n) is 12.2. The Morgan fingerprint density at radius 3 is 2.90 bits per heavy atom. The van der Waals surface area contributed by atoms with E-state index in [0.29, 0.717) is 18.2 Å². The summed E-state index contributed by atoms with van der Waals surface area (Å²) in [7, 11) is 0. The fourth-order valence-electron chi connectivity index (χ4n) is 3.06. The fraction of sp³-hybridized carbons (Fsp3) is 0.278. The first-order valence-electron chi connectivity index (χ1n) is 7.33. The van der Waals surface area contributed by atoms with Crippen LogP contribution >= 0.6 is 0 Å². The van der Waals surface area contributed by atoms with Crippen molar-refractivity contribution in [1.29, 1.82) is 5.26 Å². The number of benzene rings is 2. The summed E-state index contributed by atoms with van der Waals surface area (Å²) in [6.07, 6.45) is 2.60. The van der Waals surface area contributed by atoms with Crippen molar-refractivity contribution < 1.29 is 0 Å². The molecular weight excluding hydrogens is 258 g/mol. The van der Waals surface area contributed by atoms with E-state index >= 15 is 0 Å². The van der Waals surface area contributed by atoms with Crippen LogP contribution in [0.25, 0.3) is 0 Å². The van der Waals surface area contributed by atoms with Crippen molar-refractivity contribution in [2.75, 3.05) is 10.6 Å². The first-order valence-corrected chi connectivity index (χ1v) is 7.33. The number of rotatable bonds is 2. The molecule has 0 saturated heterocycles. The largest absolute Gasteiger partial charge is 0.398 e. The molecule has 0 spiro atoms. The summed E-state index contributed by atoms with van der Waals surface area (Å²) in [5.74, 6) is 0. The Bertz CT molecular complexity index is 700.